The van der Waals surface area contributed by atoms with Gasteiger partial charge in [-0.1, -0.05) is 19.1 Å². The zero-order chi connectivity index (χ0) is 15.2. The predicted octanol–water partition coefficient (Wildman–Crippen LogP) is 2.39. The van der Waals surface area contributed by atoms with Gasteiger partial charge in [-0.3, -0.25) is 0 Å². The van der Waals surface area contributed by atoms with Crippen molar-refractivity contribution >= 4 is 9.84 Å². The molecule has 0 fully saturated rings. The molecule has 0 spiro atoms. The van der Waals surface area contributed by atoms with Crippen molar-refractivity contribution in [1.29, 1.82) is 0 Å². The summed E-state index contributed by atoms with van der Waals surface area (Å²) >= 11 is 0. The van der Waals surface area contributed by atoms with Gasteiger partial charge in [0, 0.05) is 6.26 Å². The van der Waals surface area contributed by atoms with Crippen LogP contribution >= 0.6 is 0 Å². The molecule has 0 bridgehead atoms. The van der Waals surface area contributed by atoms with Crippen LogP contribution in [0.15, 0.2) is 29.2 Å². The van der Waals surface area contributed by atoms with Gasteiger partial charge in [0.1, 0.15) is 0 Å². The van der Waals surface area contributed by atoms with E-state index >= 15 is 0 Å². The molecule has 0 N–H and O–H groups in total. The summed E-state index contributed by atoms with van der Waals surface area (Å²) in [4.78, 5) is 14.6. The Bertz CT molecular complexity index is 538. The molecule has 0 amide bonds. The third-order valence-electron chi connectivity index (χ3n) is 2.94. The Morgan fingerprint density at radius 1 is 1.35 bits per heavy atom. The molecule has 1 radical (unpaired) electrons. The first-order valence-electron chi connectivity index (χ1n) is 6.25. The SMILES string of the molecule is CCC([CH]CCO[N+](=O)[O-])c1ccc(S(C)(=O)=O)cc1. The summed E-state index contributed by atoms with van der Waals surface area (Å²) in [7, 11) is -3.19. The molecule has 1 aromatic carbocycles. The van der Waals surface area contributed by atoms with Crippen molar-refractivity contribution < 1.29 is 18.3 Å². The predicted molar refractivity (Wildman–Crippen MR) is 74.4 cm³/mol. The van der Waals surface area contributed by atoms with Crippen LogP contribution in [-0.4, -0.2) is 26.4 Å². The van der Waals surface area contributed by atoms with E-state index in [-0.39, 0.29) is 17.4 Å². The van der Waals surface area contributed by atoms with E-state index in [9.17, 15) is 18.5 Å². The number of hydrogen-bond donors (Lipinski definition) is 0. The molecule has 0 saturated carbocycles. The first-order valence-corrected chi connectivity index (χ1v) is 8.14. The molecule has 0 aliphatic rings. The van der Waals surface area contributed by atoms with Crippen LogP contribution in [0, 0.1) is 16.5 Å². The van der Waals surface area contributed by atoms with Crippen LogP contribution in [0.25, 0.3) is 0 Å². The molecule has 1 aromatic rings. The Labute approximate surface area is 118 Å². The lowest BCUT2D eigenvalue weighted by atomic mass is 9.92. The molecule has 111 valence electrons. The van der Waals surface area contributed by atoms with E-state index in [0.717, 1.165) is 12.0 Å². The zero-order valence-electron chi connectivity index (χ0n) is 11.5. The van der Waals surface area contributed by atoms with Crippen LogP contribution in [-0.2, 0) is 14.7 Å². The standard InChI is InChI=1S/C13H18NO5S/c1-3-11(5-4-10-19-14(15)16)12-6-8-13(9-7-12)20(2,17)18/h5-9,11H,3-4,10H2,1-2H3. The van der Waals surface area contributed by atoms with Gasteiger partial charge in [-0.05, 0) is 42.9 Å². The van der Waals surface area contributed by atoms with E-state index < -0.39 is 14.9 Å². The summed E-state index contributed by atoms with van der Waals surface area (Å²) < 4.78 is 22.7. The fraction of sp³-hybridized carbons (Fsp3) is 0.462. The molecule has 7 heteroatoms. The van der Waals surface area contributed by atoms with Crippen molar-refractivity contribution in [1.82, 2.24) is 0 Å². The van der Waals surface area contributed by atoms with Gasteiger partial charge >= 0.3 is 0 Å². The summed E-state index contributed by atoms with van der Waals surface area (Å²) in [5.74, 6) is 0.124. The Morgan fingerprint density at radius 2 is 1.95 bits per heavy atom. The number of sulfone groups is 1. The number of hydrogen-bond acceptors (Lipinski definition) is 5. The summed E-state index contributed by atoms with van der Waals surface area (Å²) in [6, 6.07) is 6.70. The number of benzene rings is 1. The lowest BCUT2D eigenvalue weighted by molar-refractivity contribution is -0.757. The van der Waals surface area contributed by atoms with E-state index in [2.05, 4.69) is 4.84 Å². The highest BCUT2D eigenvalue weighted by Gasteiger charge is 2.12. The maximum Gasteiger partial charge on any atom is 0.294 e. The van der Waals surface area contributed by atoms with E-state index in [1.807, 2.05) is 13.3 Å². The molecular weight excluding hydrogens is 282 g/mol. The monoisotopic (exact) mass is 300 g/mol. The molecule has 20 heavy (non-hydrogen) atoms. The molecule has 1 unspecified atom stereocenters. The lowest BCUT2D eigenvalue weighted by Gasteiger charge is -2.15. The number of rotatable bonds is 8. The Morgan fingerprint density at radius 3 is 2.40 bits per heavy atom. The highest BCUT2D eigenvalue weighted by Crippen LogP contribution is 2.25. The van der Waals surface area contributed by atoms with Gasteiger partial charge in [0.2, 0.25) is 0 Å². The molecule has 0 aromatic heterocycles. The van der Waals surface area contributed by atoms with E-state index in [4.69, 9.17) is 0 Å². The topological polar surface area (TPSA) is 86.5 Å². The maximum absolute atomic E-state index is 11.4. The molecule has 1 atom stereocenters. The molecule has 0 aliphatic carbocycles. The van der Waals surface area contributed by atoms with E-state index in [1.54, 1.807) is 24.3 Å². The van der Waals surface area contributed by atoms with Crippen molar-refractivity contribution in [3.8, 4) is 0 Å². The quantitative estimate of drug-likeness (QED) is 0.418. The smallest absolute Gasteiger partial charge is 0.294 e. The van der Waals surface area contributed by atoms with Crippen LogP contribution in [0.4, 0.5) is 0 Å². The van der Waals surface area contributed by atoms with Crippen LogP contribution in [0.5, 0.6) is 0 Å². The first kappa shape index (κ1) is 16.4. The van der Waals surface area contributed by atoms with Crippen molar-refractivity contribution in [3.63, 3.8) is 0 Å². The Kier molecular flexibility index (Phi) is 5.94. The third-order valence-corrected chi connectivity index (χ3v) is 4.07. The minimum atomic E-state index is -3.19. The van der Waals surface area contributed by atoms with Gasteiger partial charge in [0.25, 0.3) is 5.09 Å². The Balaban J connectivity index is 2.63. The van der Waals surface area contributed by atoms with Gasteiger partial charge in [-0.2, -0.15) is 0 Å². The first-order chi connectivity index (χ1) is 9.34. The minimum Gasteiger partial charge on any atom is -0.314 e. The average molecular weight is 300 g/mol. The third kappa shape index (κ3) is 5.16. The molecule has 1 rings (SSSR count). The summed E-state index contributed by atoms with van der Waals surface area (Å²) in [6.45, 7) is 2.03. The van der Waals surface area contributed by atoms with Crippen molar-refractivity contribution in [2.45, 2.75) is 30.6 Å². The molecule has 0 heterocycles. The second-order valence-corrected chi connectivity index (χ2v) is 6.45. The van der Waals surface area contributed by atoms with Gasteiger partial charge in [0.05, 0.1) is 11.5 Å². The second kappa shape index (κ2) is 7.23. The van der Waals surface area contributed by atoms with Crippen LogP contribution in [0.3, 0.4) is 0 Å². The second-order valence-electron chi connectivity index (χ2n) is 4.44. The summed E-state index contributed by atoms with van der Waals surface area (Å²) in [5, 5.41) is 9.22. The highest BCUT2D eigenvalue weighted by molar-refractivity contribution is 7.90. The largest absolute Gasteiger partial charge is 0.314 e. The van der Waals surface area contributed by atoms with Crippen LogP contribution in [0.2, 0.25) is 0 Å². The average Bonchev–Trinajstić information content (AvgIpc) is 2.38. The van der Waals surface area contributed by atoms with Gasteiger partial charge in [-0.15, -0.1) is 10.1 Å². The van der Waals surface area contributed by atoms with Crippen molar-refractivity contribution in [2.24, 2.45) is 0 Å². The van der Waals surface area contributed by atoms with Gasteiger partial charge in [0.15, 0.2) is 9.84 Å². The highest BCUT2D eigenvalue weighted by atomic mass is 32.2. The normalized spacial score (nSPS) is 12.9. The fourth-order valence-corrected chi connectivity index (χ4v) is 2.53. The number of nitrogens with zero attached hydrogens (tertiary/aromatic N) is 1. The molecule has 0 saturated heterocycles. The minimum absolute atomic E-state index is 0.0327. The summed E-state index contributed by atoms with van der Waals surface area (Å²) in [6.07, 6.45) is 4.41. The molecular formula is C13H18NO5S. The summed E-state index contributed by atoms with van der Waals surface area (Å²) in [5.41, 5.74) is 0.987. The molecule has 0 aliphatic heterocycles. The van der Waals surface area contributed by atoms with Crippen molar-refractivity contribution in [3.05, 3.63) is 46.4 Å². The van der Waals surface area contributed by atoms with Gasteiger partial charge < -0.3 is 4.84 Å². The molecule has 6 nitrogen and oxygen atoms in total. The van der Waals surface area contributed by atoms with Crippen LogP contribution in [0.1, 0.15) is 31.2 Å². The maximum atomic E-state index is 11.4. The van der Waals surface area contributed by atoms with Crippen LogP contribution < -0.4 is 0 Å². The fourth-order valence-electron chi connectivity index (χ4n) is 1.90. The zero-order valence-corrected chi connectivity index (χ0v) is 12.3. The Hall–Kier alpha value is -1.63. The van der Waals surface area contributed by atoms with E-state index in [0.29, 0.717) is 6.42 Å². The van der Waals surface area contributed by atoms with Gasteiger partial charge in [-0.25, -0.2) is 8.42 Å². The van der Waals surface area contributed by atoms with Crippen molar-refractivity contribution in [2.75, 3.05) is 12.9 Å². The lowest BCUT2D eigenvalue weighted by Crippen LogP contribution is -2.06. The van der Waals surface area contributed by atoms with E-state index in [1.165, 1.54) is 6.26 Å².